The molecule has 1 saturated heterocycles. The number of likely N-dealkylation sites (tertiary alicyclic amines) is 1. The second-order valence-corrected chi connectivity index (χ2v) is 6.24. The number of nitrogens with two attached hydrogens (primary N) is 1. The maximum Gasteiger partial charge on any atom is 0.410 e. The number of carbonyl (C=O) groups excluding carboxylic acids is 1. The lowest BCUT2D eigenvalue weighted by Crippen LogP contribution is -2.60. The molecule has 5 heteroatoms. The van der Waals surface area contributed by atoms with Crippen LogP contribution in [0.1, 0.15) is 31.7 Å². The van der Waals surface area contributed by atoms with Crippen LogP contribution in [-0.2, 0) is 4.74 Å². The molecular weight excluding hydrogens is 236 g/mol. The first kappa shape index (κ1) is 12.4. The van der Waals surface area contributed by atoms with E-state index in [1.165, 1.54) is 0 Å². The van der Waals surface area contributed by atoms with Gasteiger partial charge in [0.15, 0.2) is 0 Å². The molecule has 0 radical (unpaired) electrons. The summed E-state index contributed by atoms with van der Waals surface area (Å²) in [6.45, 7) is 6.16. The van der Waals surface area contributed by atoms with Gasteiger partial charge in [-0.2, -0.15) is 0 Å². The minimum absolute atomic E-state index is 0.0150. The Morgan fingerprint density at radius 3 is 2.76 bits per heavy atom. The highest BCUT2D eigenvalue weighted by molar-refractivity contribution is 7.10. The van der Waals surface area contributed by atoms with Crippen LogP contribution in [0.25, 0.3) is 0 Å². The molecule has 1 aliphatic rings. The van der Waals surface area contributed by atoms with Crippen LogP contribution in [0.4, 0.5) is 4.79 Å². The summed E-state index contributed by atoms with van der Waals surface area (Å²) in [4.78, 5) is 14.8. The molecule has 0 saturated carbocycles. The van der Waals surface area contributed by atoms with Crippen molar-refractivity contribution in [2.24, 2.45) is 5.73 Å². The van der Waals surface area contributed by atoms with Gasteiger partial charge in [-0.1, -0.05) is 6.07 Å². The van der Waals surface area contributed by atoms with Gasteiger partial charge in [-0.25, -0.2) is 4.79 Å². The standard InChI is InChI=1S/C12H18N2O2S/c1-12(2,3)16-11(15)14-7-8(13)10(14)9-5-4-6-17-9/h4-6,8,10H,7,13H2,1-3H3. The molecule has 2 unspecified atom stereocenters. The van der Waals surface area contributed by atoms with E-state index < -0.39 is 5.60 Å². The van der Waals surface area contributed by atoms with Crippen LogP contribution in [0.2, 0.25) is 0 Å². The Balaban J connectivity index is 2.06. The van der Waals surface area contributed by atoms with Crippen molar-refractivity contribution in [3.05, 3.63) is 22.4 Å². The van der Waals surface area contributed by atoms with E-state index in [0.29, 0.717) is 6.54 Å². The fourth-order valence-electron chi connectivity index (χ4n) is 1.87. The van der Waals surface area contributed by atoms with E-state index in [4.69, 9.17) is 10.5 Å². The Morgan fingerprint density at radius 2 is 2.29 bits per heavy atom. The van der Waals surface area contributed by atoms with Crippen molar-refractivity contribution in [3.63, 3.8) is 0 Å². The predicted molar refractivity (Wildman–Crippen MR) is 68.0 cm³/mol. The fraction of sp³-hybridized carbons (Fsp3) is 0.583. The Bertz CT molecular complexity index is 397. The molecular formula is C12H18N2O2S. The number of carbonyl (C=O) groups is 1. The molecule has 1 fully saturated rings. The van der Waals surface area contributed by atoms with Crippen molar-refractivity contribution in [2.75, 3.05) is 6.54 Å². The van der Waals surface area contributed by atoms with E-state index in [0.717, 1.165) is 4.88 Å². The largest absolute Gasteiger partial charge is 0.444 e. The predicted octanol–water partition coefficient (Wildman–Crippen LogP) is 2.37. The molecule has 0 bridgehead atoms. The number of rotatable bonds is 1. The van der Waals surface area contributed by atoms with Crippen LogP contribution in [0.5, 0.6) is 0 Å². The van der Waals surface area contributed by atoms with Gasteiger partial charge in [0, 0.05) is 17.5 Å². The van der Waals surface area contributed by atoms with Crippen molar-refractivity contribution >= 4 is 17.4 Å². The molecule has 17 heavy (non-hydrogen) atoms. The third kappa shape index (κ3) is 2.61. The molecule has 0 spiro atoms. The lowest BCUT2D eigenvalue weighted by atomic mass is 9.96. The summed E-state index contributed by atoms with van der Waals surface area (Å²) in [5.41, 5.74) is 5.50. The maximum absolute atomic E-state index is 11.9. The summed E-state index contributed by atoms with van der Waals surface area (Å²) in [5, 5.41) is 1.99. The molecule has 1 aromatic rings. The van der Waals surface area contributed by atoms with Gasteiger partial charge in [0.05, 0.1) is 6.04 Å². The molecule has 2 N–H and O–H groups in total. The Kier molecular flexibility index (Phi) is 3.14. The van der Waals surface area contributed by atoms with Crippen LogP contribution in [-0.4, -0.2) is 29.2 Å². The Hall–Kier alpha value is -1.07. The van der Waals surface area contributed by atoms with Gasteiger partial charge in [-0.15, -0.1) is 11.3 Å². The van der Waals surface area contributed by atoms with E-state index >= 15 is 0 Å². The number of hydrogen-bond acceptors (Lipinski definition) is 4. The van der Waals surface area contributed by atoms with Gasteiger partial charge in [-0.05, 0) is 32.2 Å². The first-order valence-corrected chi connectivity index (χ1v) is 6.55. The Morgan fingerprint density at radius 1 is 1.59 bits per heavy atom. The van der Waals surface area contributed by atoms with Gasteiger partial charge in [-0.3, -0.25) is 4.90 Å². The number of hydrogen-bond donors (Lipinski definition) is 1. The Labute approximate surface area is 105 Å². The van der Waals surface area contributed by atoms with E-state index in [9.17, 15) is 4.79 Å². The number of ether oxygens (including phenoxy) is 1. The van der Waals surface area contributed by atoms with Gasteiger partial charge >= 0.3 is 6.09 Å². The fourth-order valence-corrected chi connectivity index (χ4v) is 2.78. The third-order valence-corrected chi connectivity index (χ3v) is 3.55. The first-order valence-electron chi connectivity index (χ1n) is 5.67. The lowest BCUT2D eigenvalue weighted by molar-refractivity contribution is -0.0126. The summed E-state index contributed by atoms with van der Waals surface area (Å²) >= 11 is 1.62. The zero-order valence-electron chi connectivity index (χ0n) is 10.3. The molecule has 4 nitrogen and oxygen atoms in total. The van der Waals surface area contributed by atoms with Crippen molar-refractivity contribution < 1.29 is 9.53 Å². The molecule has 94 valence electrons. The minimum Gasteiger partial charge on any atom is -0.444 e. The highest BCUT2D eigenvalue weighted by Gasteiger charge is 2.43. The van der Waals surface area contributed by atoms with Gasteiger partial charge < -0.3 is 10.5 Å². The molecule has 1 amide bonds. The summed E-state index contributed by atoms with van der Waals surface area (Å²) in [5.74, 6) is 0. The lowest BCUT2D eigenvalue weighted by Gasteiger charge is -2.45. The SMILES string of the molecule is CC(C)(C)OC(=O)N1CC(N)C1c1cccs1. The van der Waals surface area contributed by atoms with E-state index in [1.807, 2.05) is 38.3 Å². The molecule has 0 aromatic carbocycles. The normalized spacial score (nSPS) is 24.4. The highest BCUT2D eigenvalue weighted by atomic mass is 32.1. The van der Waals surface area contributed by atoms with E-state index in [-0.39, 0.29) is 18.2 Å². The number of amides is 1. The average molecular weight is 254 g/mol. The van der Waals surface area contributed by atoms with Gasteiger partial charge in [0.1, 0.15) is 5.60 Å². The van der Waals surface area contributed by atoms with E-state index in [2.05, 4.69) is 0 Å². The first-order chi connectivity index (χ1) is 7.88. The molecule has 1 aromatic heterocycles. The topological polar surface area (TPSA) is 55.6 Å². The minimum atomic E-state index is -0.462. The third-order valence-electron chi connectivity index (χ3n) is 2.61. The van der Waals surface area contributed by atoms with Crippen LogP contribution < -0.4 is 5.73 Å². The van der Waals surface area contributed by atoms with Crippen LogP contribution in [0, 0.1) is 0 Å². The molecule has 2 atom stereocenters. The second-order valence-electron chi connectivity index (χ2n) is 5.26. The summed E-state index contributed by atoms with van der Waals surface area (Å²) in [6, 6.07) is 3.97. The van der Waals surface area contributed by atoms with Crippen LogP contribution >= 0.6 is 11.3 Å². The van der Waals surface area contributed by atoms with Crippen LogP contribution in [0.3, 0.4) is 0 Å². The monoisotopic (exact) mass is 254 g/mol. The highest BCUT2D eigenvalue weighted by Crippen LogP contribution is 2.35. The second kappa shape index (κ2) is 4.31. The average Bonchev–Trinajstić information content (AvgIpc) is 2.63. The van der Waals surface area contributed by atoms with Crippen molar-refractivity contribution in [2.45, 2.75) is 38.5 Å². The molecule has 1 aliphatic heterocycles. The smallest absolute Gasteiger partial charge is 0.410 e. The number of nitrogens with zero attached hydrogens (tertiary/aromatic N) is 1. The zero-order valence-corrected chi connectivity index (χ0v) is 11.2. The van der Waals surface area contributed by atoms with Gasteiger partial charge in [0.25, 0.3) is 0 Å². The van der Waals surface area contributed by atoms with Crippen molar-refractivity contribution in [3.8, 4) is 0 Å². The number of thiophene rings is 1. The zero-order chi connectivity index (χ0) is 12.6. The summed E-state index contributed by atoms with van der Waals surface area (Å²) in [7, 11) is 0. The van der Waals surface area contributed by atoms with Crippen LogP contribution in [0.15, 0.2) is 17.5 Å². The van der Waals surface area contributed by atoms with Crippen molar-refractivity contribution in [1.29, 1.82) is 0 Å². The molecule has 0 aliphatic carbocycles. The summed E-state index contributed by atoms with van der Waals surface area (Å²) in [6.07, 6.45) is -0.280. The summed E-state index contributed by atoms with van der Waals surface area (Å²) < 4.78 is 5.35. The van der Waals surface area contributed by atoms with Gasteiger partial charge in [0.2, 0.25) is 0 Å². The maximum atomic E-state index is 11.9. The molecule has 2 rings (SSSR count). The van der Waals surface area contributed by atoms with Crippen molar-refractivity contribution in [1.82, 2.24) is 4.90 Å². The quantitative estimate of drug-likeness (QED) is 0.837. The van der Waals surface area contributed by atoms with E-state index in [1.54, 1.807) is 16.2 Å². The molecule has 2 heterocycles.